The topological polar surface area (TPSA) is 113 Å². The number of hydrogen-bond donors (Lipinski definition) is 3. The van der Waals surface area contributed by atoms with Gasteiger partial charge in [-0.2, -0.15) is 0 Å². The molecule has 1 aromatic carbocycles. The predicted octanol–water partition coefficient (Wildman–Crippen LogP) is 0.967. The number of sulfonamides is 1. The van der Waals surface area contributed by atoms with Crippen molar-refractivity contribution >= 4 is 21.9 Å². The minimum atomic E-state index is -4.04. The third-order valence-corrected chi connectivity index (χ3v) is 4.36. The summed E-state index contributed by atoms with van der Waals surface area (Å²) in [5.74, 6) is -2.09. The molecule has 0 unspecified atom stereocenters. The number of rotatable bonds is 5. The minimum Gasteiger partial charge on any atom is -0.478 e. The van der Waals surface area contributed by atoms with Gasteiger partial charge in [0, 0.05) is 5.92 Å². The first-order valence-electron chi connectivity index (χ1n) is 6.22. The lowest BCUT2D eigenvalue weighted by Gasteiger charge is -2.13. The fraction of sp³-hybridized carbons (Fsp3) is 0.385. The SMILES string of the molecule is Cc1cc(C(=O)O)cc(S(=O)(=O)NNC(=O)C(C)C)c1C. The smallest absolute Gasteiger partial charge is 0.335 e. The first-order chi connectivity index (χ1) is 9.56. The number of hydrogen-bond acceptors (Lipinski definition) is 4. The molecule has 1 aromatic rings. The average Bonchev–Trinajstić information content (AvgIpc) is 2.38. The van der Waals surface area contributed by atoms with E-state index in [1.165, 1.54) is 6.07 Å². The van der Waals surface area contributed by atoms with Crippen molar-refractivity contribution in [1.82, 2.24) is 10.3 Å². The van der Waals surface area contributed by atoms with Crippen LogP contribution in [0.2, 0.25) is 0 Å². The highest BCUT2D eigenvalue weighted by Crippen LogP contribution is 2.20. The zero-order valence-corrected chi connectivity index (χ0v) is 13.0. The van der Waals surface area contributed by atoms with E-state index in [4.69, 9.17) is 5.11 Å². The largest absolute Gasteiger partial charge is 0.478 e. The number of aromatic carboxylic acids is 1. The first kappa shape index (κ1) is 17.1. The van der Waals surface area contributed by atoms with E-state index in [2.05, 4.69) is 5.43 Å². The molecule has 116 valence electrons. The molecule has 0 aliphatic rings. The Kier molecular flexibility index (Phi) is 5.08. The maximum atomic E-state index is 12.2. The molecule has 0 atom stereocenters. The lowest BCUT2D eigenvalue weighted by molar-refractivity contribution is -0.124. The van der Waals surface area contributed by atoms with Gasteiger partial charge in [-0.25, -0.2) is 13.2 Å². The van der Waals surface area contributed by atoms with Crippen molar-refractivity contribution in [3.8, 4) is 0 Å². The Morgan fingerprint density at radius 3 is 2.24 bits per heavy atom. The second-order valence-electron chi connectivity index (χ2n) is 4.97. The number of carboxylic acids is 1. The molecule has 21 heavy (non-hydrogen) atoms. The van der Waals surface area contributed by atoms with Gasteiger partial charge in [0.25, 0.3) is 10.0 Å². The van der Waals surface area contributed by atoms with E-state index in [9.17, 15) is 18.0 Å². The third kappa shape index (κ3) is 4.02. The number of benzene rings is 1. The number of hydrazine groups is 1. The molecule has 3 N–H and O–H groups in total. The third-order valence-electron chi connectivity index (χ3n) is 2.99. The molecule has 0 aromatic heterocycles. The van der Waals surface area contributed by atoms with Crippen LogP contribution in [0.4, 0.5) is 0 Å². The van der Waals surface area contributed by atoms with Gasteiger partial charge < -0.3 is 5.11 Å². The van der Waals surface area contributed by atoms with Gasteiger partial charge in [0.1, 0.15) is 0 Å². The van der Waals surface area contributed by atoms with Gasteiger partial charge in [0.05, 0.1) is 10.5 Å². The lowest BCUT2D eigenvalue weighted by atomic mass is 10.1. The van der Waals surface area contributed by atoms with Crippen molar-refractivity contribution in [1.29, 1.82) is 0 Å². The fourth-order valence-corrected chi connectivity index (χ4v) is 2.74. The standard InChI is InChI=1S/C13H18N2O5S/c1-7(2)12(16)14-15-21(19,20)11-6-10(13(17)18)5-8(3)9(11)4/h5-7,15H,1-4H3,(H,14,16)(H,17,18). The van der Waals surface area contributed by atoms with Gasteiger partial charge in [-0.3, -0.25) is 10.2 Å². The maximum absolute atomic E-state index is 12.2. The number of carboxylic acid groups (broad SMARTS) is 1. The van der Waals surface area contributed by atoms with E-state index in [-0.39, 0.29) is 16.4 Å². The molecule has 1 rings (SSSR count). The quantitative estimate of drug-likeness (QED) is 0.701. The Hall–Kier alpha value is -1.93. The summed E-state index contributed by atoms with van der Waals surface area (Å²) >= 11 is 0. The number of nitrogens with one attached hydrogen (secondary N) is 2. The van der Waals surface area contributed by atoms with Crippen LogP contribution in [0.15, 0.2) is 17.0 Å². The summed E-state index contributed by atoms with van der Waals surface area (Å²) in [7, 11) is -4.04. The van der Waals surface area contributed by atoms with Gasteiger partial charge in [-0.15, -0.1) is 4.83 Å². The fourth-order valence-electron chi connectivity index (χ4n) is 1.55. The van der Waals surface area contributed by atoms with E-state index in [0.29, 0.717) is 11.1 Å². The summed E-state index contributed by atoms with van der Waals surface area (Å²) in [5, 5.41) is 9.00. The summed E-state index contributed by atoms with van der Waals surface area (Å²) in [4.78, 5) is 24.2. The van der Waals surface area contributed by atoms with Crippen molar-refractivity contribution in [3.63, 3.8) is 0 Å². The summed E-state index contributed by atoms with van der Waals surface area (Å²) < 4.78 is 24.4. The predicted molar refractivity (Wildman–Crippen MR) is 76.2 cm³/mol. The zero-order valence-electron chi connectivity index (χ0n) is 12.2. The van der Waals surface area contributed by atoms with Crippen LogP contribution in [0.5, 0.6) is 0 Å². The molecular formula is C13H18N2O5S. The molecule has 0 spiro atoms. The first-order valence-corrected chi connectivity index (χ1v) is 7.70. The Labute approximate surface area is 123 Å². The normalized spacial score (nSPS) is 11.5. The second kappa shape index (κ2) is 6.23. The van der Waals surface area contributed by atoms with Crippen molar-refractivity contribution < 1.29 is 23.1 Å². The van der Waals surface area contributed by atoms with E-state index < -0.39 is 21.9 Å². The van der Waals surface area contributed by atoms with Crippen molar-refractivity contribution in [3.05, 3.63) is 28.8 Å². The van der Waals surface area contributed by atoms with Crippen LogP contribution in [0.25, 0.3) is 0 Å². The molecule has 0 bridgehead atoms. The summed E-state index contributed by atoms with van der Waals surface area (Å²) in [5.41, 5.74) is 2.92. The van der Waals surface area contributed by atoms with Crippen molar-refractivity contribution in [2.45, 2.75) is 32.6 Å². The molecule has 0 fully saturated rings. The Morgan fingerprint density at radius 1 is 1.19 bits per heavy atom. The molecule has 1 amide bonds. The van der Waals surface area contributed by atoms with Gasteiger partial charge in [0.15, 0.2) is 0 Å². The minimum absolute atomic E-state index is 0.131. The lowest BCUT2D eigenvalue weighted by Crippen LogP contribution is -2.43. The summed E-state index contributed by atoms with van der Waals surface area (Å²) in [6.07, 6.45) is 0. The molecule has 0 aliphatic carbocycles. The molecule has 7 nitrogen and oxygen atoms in total. The van der Waals surface area contributed by atoms with Crippen LogP contribution >= 0.6 is 0 Å². The highest BCUT2D eigenvalue weighted by atomic mass is 32.2. The monoisotopic (exact) mass is 314 g/mol. The molecule has 0 heterocycles. The Balaban J connectivity index is 3.19. The van der Waals surface area contributed by atoms with Crippen LogP contribution < -0.4 is 10.3 Å². The molecular weight excluding hydrogens is 296 g/mol. The summed E-state index contributed by atoms with van der Waals surface area (Å²) in [6.45, 7) is 6.42. The van der Waals surface area contributed by atoms with E-state index in [1.54, 1.807) is 27.7 Å². The van der Waals surface area contributed by atoms with Crippen LogP contribution in [0, 0.1) is 19.8 Å². The van der Waals surface area contributed by atoms with Gasteiger partial charge >= 0.3 is 5.97 Å². The Bertz CT molecular complexity index is 680. The number of carbonyl (C=O) groups is 2. The number of aryl methyl sites for hydroxylation is 1. The average molecular weight is 314 g/mol. The second-order valence-corrected chi connectivity index (χ2v) is 6.62. The van der Waals surface area contributed by atoms with E-state index in [1.807, 2.05) is 4.83 Å². The van der Waals surface area contributed by atoms with E-state index >= 15 is 0 Å². The number of amides is 1. The Morgan fingerprint density at radius 2 is 1.76 bits per heavy atom. The van der Waals surface area contributed by atoms with Crippen LogP contribution in [0.1, 0.15) is 35.3 Å². The highest BCUT2D eigenvalue weighted by molar-refractivity contribution is 7.89. The zero-order chi connectivity index (χ0) is 16.4. The molecule has 0 radical (unpaired) electrons. The van der Waals surface area contributed by atoms with Crippen LogP contribution in [-0.4, -0.2) is 25.4 Å². The van der Waals surface area contributed by atoms with Gasteiger partial charge in [0.2, 0.25) is 5.91 Å². The van der Waals surface area contributed by atoms with Crippen molar-refractivity contribution in [2.24, 2.45) is 5.92 Å². The molecule has 8 heteroatoms. The van der Waals surface area contributed by atoms with Gasteiger partial charge in [-0.1, -0.05) is 13.8 Å². The van der Waals surface area contributed by atoms with Crippen LogP contribution in [-0.2, 0) is 14.8 Å². The van der Waals surface area contributed by atoms with Crippen molar-refractivity contribution in [2.75, 3.05) is 0 Å². The molecule has 0 saturated carbocycles. The summed E-state index contributed by atoms with van der Waals surface area (Å²) in [6, 6.07) is 2.46. The highest BCUT2D eigenvalue weighted by Gasteiger charge is 2.21. The maximum Gasteiger partial charge on any atom is 0.335 e. The van der Waals surface area contributed by atoms with E-state index in [0.717, 1.165) is 6.07 Å². The van der Waals surface area contributed by atoms with Gasteiger partial charge in [-0.05, 0) is 37.1 Å². The molecule has 0 saturated heterocycles. The number of carbonyl (C=O) groups excluding carboxylic acids is 1. The molecule has 0 aliphatic heterocycles. The van der Waals surface area contributed by atoms with Crippen LogP contribution in [0.3, 0.4) is 0 Å².